The zero-order chi connectivity index (χ0) is 19.3. The summed E-state index contributed by atoms with van der Waals surface area (Å²) in [5.74, 6) is 0.514. The van der Waals surface area contributed by atoms with E-state index in [1.807, 2.05) is 10.9 Å². The molecule has 0 atom stereocenters. The number of nitrogens with zero attached hydrogens (tertiary/aromatic N) is 6. The number of hydrogen-bond donors (Lipinski definition) is 1. The molecule has 1 aliphatic rings. The van der Waals surface area contributed by atoms with E-state index in [4.69, 9.17) is 4.74 Å². The lowest BCUT2D eigenvalue weighted by atomic mass is 10.2. The molecule has 1 saturated carbocycles. The molecule has 1 amide bonds. The zero-order valence-electron chi connectivity index (χ0n) is 16.0. The first kappa shape index (κ1) is 18.5. The molecule has 9 nitrogen and oxygen atoms in total. The number of aromatic nitrogens is 6. The molecule has 9 heteroatoms. The standard InChI is InChI=1S/C19H25N7O2/c1-28-8-4-7-25-13-23-24-17(25)11-21-19(27)14-9-16-18(20-10-14)26(12-22-16)15-5-2-3-6-15/h9-10,12-13,15H,2-8,11H2,1H3,(H,21,27). The molecule has 0 saturated heterocycles. The van der Waals surface area contributed by atoms with Gasteiger partial charge in [-0.25, -0.2) is 9.97 Å². The summed E-state index contributed by atoms with van der Waals surface area (Å²) in [4.78, 5) is 21.5. The molecule has 3 aromatic heterocycles. The third-order valence-electron chi connectivity index (χ3n) is 5.24. The van der Waals surface area contributed by atoms with E-state index >= 15 is 0 Å². The number of fused-ring (bicyclic) bond motifs is 1. The minimum absolute atomic E-state index is 0.198. The van der Waals surface area contributed by atoms with Crippen LogP contribution in [-0.4, -0.2) is 48.9 Å². The lowest BCUT2D eigenvalue weighted by Crippen LogP contribution is -2.25. The van der Waals surface area contributed by atoms with Crippen molar-refractivity contribution in [1.82, 2.24) is 34.6 Å². The Kier molecular flexibility index (Phi) is 5.61. The fourth-order valence-electron chi connectivity index (χ4n) is 3.74. The number of carbonyl (C=O) groups excluding carboxylic acids is 1. The molecule has 1 fully saturated rings. The quantitative estimate of drug-likeness (QED) is 0.598. The molecule has 0 unspecified atom stereocenters. The van der Waals surface area contributed by atoms with Crippen LogP contribution in [0.25, 0.3) is 11.2 Å². The van der Waals surface area contributed by atoms with E-state index in [-0.39, 0.29) is 5.91 Å². The molecule has 3 heterocycles. The minimum atomic E-state index is -0.198. The van der Waals surface area contributed by atoms with Gasteiger partial charge in [-0.2, -0.15) is 0 Å². The van der Waals surface area contributed by atoms with Crippen LogP contribution in [0.2, 0.25) is 0 Å². The maximum absolute atomic E-state index is 12.6. The summed E-state index contributed by atoms with van der Waals surface area (Å²) in [6, 6.07) is 2.27. The van der Waals surface area contributed by atoms with Crippen LogP contribution in [0.15, 0.2) is 24.9 Å². The third-order valence-corrected chi connectivity index (χ3v) is 5.24. The molecule has 1 N–H and O–H groups in total. The highest BCUT2D eigenvalue weighted by atomic mass is 16.5. The number of carbonyl (C=O) groups is 1. The lowest BCUT2D eigenvalue weighted by Gasteiger charge is -2.11. The SMILES string of the molecule is COCCCn1cnnc1CNC(=O)c1cnc2c(c1)ncn2C1CCCC1. The summed E-state index contributed by atoms with van der Waals surface area (Å²) in [6.07, 6.45) is 10.8. The number of imidazole rings is 1. The highest BCUT2D eigenvalue weighted by Gasteiger charge is 2.20. The normalized spacial score (nSPS) is 14.8. The molecule has 0 spiro atoms. The molecule has 1 aliphatic carbocycles. The maximum Gasteiger partial charge on any atom is 0.253 e. The maximum atomic E-state index is 12.6. The molecule has 0 radical (unpaired) electrons. The monoisotopic (exact) mass is 383 g/mol. The van der Waals surface area contributed by atoms with Gasteiger partial charge < -0.3 is 19.2 Å². The Balaban J connectivity index is 1.41. The van der Waals surface area contributed by atoms with Crippen LogP contribution in [0.3, 0.4) is 0 Å². The second kappa shape index (κ2) is 8.47. The number of methoxy groups -OCH3 is 1. The molecule has 28 heavy (non-hydrogen) atoms. The van der Waals surface area contributed by atoms with Crippen LogP contribution >= 0.6 is 0 Å². The second-order valence-electron chi connectivity index (χ2n) is 7.13. The Labute approximate surface area is 163 Å². The zero-order valence-corrected chi connectivity index (χ0v) is 16.0. The molecule has 0 bridgehead atoms. The fourth-order valence-corrected chi connectivity index (χ4v) is 3.74. The lowest BCUT2D eigenvalue weighted by molar-refractivity contribution is 0.0949. The Bertz CT molecular complexity index is 943. The molecule has 3 aromatic rings. The van der Waals surface area contributed by atoms with Gasteiger partial charge in [-0.3, -0.25) is 4.79 Å². The molecular weight excluding hydrogens is 358 g/mol. The Morgan fingerprint density at radius 1 is 1.29 bits per heavy atom. The van der Waals surface area contributed by atoms with Gasteiger partial charge in [0, 0.05) is 32.5 Å². The van der Waals surface area contributed by atoms with Crippen LogP contribution in [0, 0.1) is 0 Å². The number of nitrogens with one attached hydrogen (secondary N) is 1. The van der Waals surface area contributed by atoms with Gasteiger partial charge in [-0.1, -0.05) is 12.8 Å². The predicted molar refractivity (Wildman–Crippen MR) is 103 cm³/mol. The van der Waals surface area contributed by atoms with Gasteiger partial charge in [0.05, 0.1) is 18.4 Å². The summed E-state index contributed by atoms with van der Waals surface area (Å²) in [6.45, 7) is 1.72. The van der Waals surface area contributed by atoms with E-state index in [0.29, 0.717) is 30.6 Å². The topological polar surface area (TPSA) is 99.8 Å². The van der Waals surface area contributed by atoms with Crippen molar-refractivity contribution in [1.29, 1.82) is 0 Å². The Morgan fingerprint density at radius 2 is 2.14 bits per heavy atom. The summed E-state index contributed by atoms with van der Waals surface area (Å²) < 4.78 is 9.13. The van der Waals surface area contributed by atoms with Gasteiger partial charge in [0.15, 0.2) is 11.5 Å². The molecule has 148 valence electrons. The smallest absolute Gasteiger partial charge is 0.253 e. The average Bonchev–Trinajstić information content (AvgIpc) is 3.46. The minimum Gasteiger partial charge on any atom is -0.385 e. The van der Waals surface area contributed by atoms with Crippen molar-refractivity contribution >= 4 is 17.1 Å². The van der Waals surface area contributed by atoms with Gasteiger partial charge >= 0.3 is 0 Å². The van der Waals surface area contributed by atoms with Crippen molar-refractivity contribution in [2.75, 3.05) is 13.7 Å². The van der Waals surface area contributed by atoms with Gasteiger partial charge in [-0.15, -0.1) is 10.2 Å². The van der Waals surface area contributed by atoms with Crippen molar-refractivity contribution in [2.45, 2.75) is 51.2 Å². The number of ether oxygens (including phenoxy) is 1. The number of hydrogen-bond acceptors (Lipinski definition) is 6. The highest BCUT2D eigenvalue weighted by Crippen LogP contribution is 2.31. The average molecular weight is 383 g/mol. The summed E-state index contributed by atoms with van der Waals surface area (Å²) >= 11 is 0. The number of amides is 1. The van der Waals surface area contributed by atoms with E-state index < -0.39 is 0 Å². The largest absolute Gasteiger partial charge is 0.385 e. The number of aryl methyl sites for hydroxylation is 1. The van der Waals surface area contributed by atoms with Crippen LogP contribution in [-0.2, 0) is 17.8 Å². The number of rotatable bonds is 8. The Morgan fingerprint density at radius 3 is 2.96 bits per heavy atom. The molecule has 0 aliphatic heterocycles. The first-order chi connectivity index (χ1) is 13.8. The van der Waals surface area contributed by atoms with Crippen LogP contribution < -0.4 is 5.32 Å². The van der Waals surface area contributed by atoms with Crippen LogP contribution in [0.1, 0.15) is 54.3 Å². The van der Waals surface area contributed by atoms with E-state index in [1.165, 1.54) is 25.7 Å². The molecule has 0 aromatic carbocycles. The summed E-state index contributed by atoms with van der Waals surface area (Å²) in [5, 5.41) is 10.9. The van der Waals surface area contributed by atoms with Gasteiger partial charge in [0.25, 0.3) is 5.91 Å². The van der Waals surface area contributed by atoms with Crippen LogP contribution in [0.5, 0.6) is 0 Å². The molecular formula is C19H25N7O2. The predicted octanol–water partition coefficient (Wildman–Crippen LogP) is 2.10. The number of pyridine rings is 1. The van der Waals surface area contributed by atoms with Crippen molar-refractivity contribution in [2.24, 2.45) is 0 Å². The Hall–Kier alpha value is -2.81. The molecule has 4 rings (SSSR count). The third kappa shape index (κ3) is 3.89. The van der Waals surface area contributed by atoms with Gasteiger partial charge in [-0.05, 0) is 25.3 Å². The van der Waals surface area contributed by atoms with Crippen molar-refractivity contribution in [3.63, 3.8) is 0 Å². The summed E-state index contributed by atoms with van der Waals surface area (Å²) in [7, 11) is 1.68. The second-order valence-corrected chi connectivity index (χ2v) is 7.13. The van der Waals surface area contributed by atoms with Gasteiger partial charge in [0.1, 0.15) is 11.8 Å². The van der Waals surface area contributed by atoms with Gasteiger partial charge in [0.2, 0.25) is 0 Å². The van der Waals surface area contributed by atoms with E-state index in [2.05, 4.69) is 30.0 Å². The van der Waals surface area contributed by atoms with Crippen LogP contribution in [0.4, 0.5) is 0 Å². The van der Waals surface area contributed by atoms with E-state index in [1.54, 1.807) is 25.7 Å². The van der Waals surface area contributed by atoms with E-state index in [9.17, 15) is 4.79 Å². The first-order valence-electron chi connectivity index (χ1n) is 9.72. The summed E-state index contributed by atoms with van der Waals surface area (Å²) in [5.41, 5.74) is 2.10. The van der Waals surface area contributed by atoms with Crippen molar-refractivity contribution < 1.29 is 9.53 Å². The fraction of sp³-hybridized carbons (Fsp3) is 0.526. The first-order valence-corrected chi connectivity index (χ1v) is 9.72. The highest BCUT2D eigenvalue weighted by molar-refractivity contribution is 5.96. The van der Waals surface area contributed by atoms with Crippen molar-refractivity contribution in [3.8, 4) is 0 Å². The van der Waals surface area contributed by atoms with E-state index in [0.717, 1.165) is 24.1 Å². The van der Waals surface area contributed by atoms with Crippen molar-refractivity contribution in [3.05, 3.63) is 36.3 Å².